The molecular formula is C17H18N4O6. The molecule has 1 aliphatic heterocycles. The quantitative estimate of drug-likeness (QED) is 0.576. The largest absolute Gasteiger partial charge is 0.480 e. The molecule has 0 spiro atoms. The van der Waals surface area contributed by atoms with Gasteiger partial charge < -0.3 is 15.2 Å². The normalized spacial score (nSPS) is 17.9. The van der Waals surface area contributed by atoms with Crippen LogP contribution in [0.3, 0.4) is 0 Å². The van der Waals surface area contributed by atoms with Crippen LogP contribution in [0.4, 0.5) is 5.69 Å². The van der Waals surface area contributed by atoms with Gasteiger partial charge in [0.25, 0.3) is 11.6 Å². The summed E-state index contributed by atoms with van der Waals surface area (Å²) in [5.41, 5.74) is 0.0171. The minimum atomic E-state index is -1.14. The van der Waals surface area contributed by atoms with Gasteiger partial charge >= 0.3 is 5.97 Å². The lowest BCUT2D eigenvalue weighted by molar-refractivity contribution is -0.384. The number of amides is 1. The lowest BCUT2D eigenvalue weighted by Crippen LogP contribution is -2.48. The second kappa shape index (κ2) is 7.96. The molecule has 1 aromatic heterocycles. The average Bonchev–Trinajstić information content (AvgIpc) is 3.16. The molecular weight excluding hydrogens is 356 g/mol. The van der Waals surface area contributed by atoms with Gasteiger partial charge in [-0.15, -0.1) is 0 Å². The van der Waals surface area contributed by atoms with E-state index >= 15 is 0 Å². The molecule has 0 saturated carbocycles. The Morgan fingerprint density at radius 3 is 2.81 bits per heavy atom. The Morgan fingerprint density at radius 1 is 1.37 bits per heavy atom. The highest BCUT2D eigenvalue weighted by Crippen LogP contribution is 2.22. The van der Waals surface area contributed by atoms with Crippen LogP contribution in [0.2, 0.25) is 0 Å². The topological polar surface area (TPSA) is 137 Å². The smallest absolute Gasteiger partial charge is 0.326 e. The summed E-state index contributed by atoms with van der Waals surface area (Å²) in [5, 5.41) is 27.1. The second-order valence-corrected chi connectivity index (χ2v) is 6.16. The molecule has 1 aromatic carbocycles. The summed E-state index contributed by atoms with van der Waals surface area (Å²) < 4.78 is 6.51. The lowest BCUT2D eigenvalue weighted by atomic mass is 9.93. The van der Waals surface area contributed by atoms with Gasteiger partial charge in [0.2, 0.25) is 0 Å². The predicted octanol–water partition coefficient (Wildman–Crippen LogP) is 1.39. The number of carbonyl (C=O) groups is 2. The van der Waals surface area contributed by atoms with Crippen molar-refractivity contribution in [2.24, 2.45) is 5.92 Å². The highest BCUT2D eigenvalue weighted by molar-refractivity contribution is 5.95. The van der Waals surface area contributed by atoms with E-state index in [0.29, 0.717) is 13.0 Å². The molecule has 1 saturated heterocycles. The van der Waals surface area contributed by atoms with Crippen LogP contribution in [0.25, 0.3) is 5.69 Å². The predicted molar refractivity (Wildman–Crippen MR) is 92.7 cm³/mol. The minimum absolute atomic E-state index is 0.0314. The molecule has 1 aliphatic rings. The first-order valence-corrected chi connectivity index (χ1v) is 8.38. The molecule has 0 bridgehead atoms. The first kappa shape index (κ1) is 18.5. The van der Waals surface area contributed by atoms with Gasteiger partial charge in [-0.1, -0.05) is 12.1 Å². The third-order valence-electron chi connectivity index (χ3n) is 4.37. The molecule has 142 valence electrons. The van der Waals surface area contributed by atoms with E-state index in [1.54, 1.807) is 6.07 Å². The lowest BCUT2D eigenvalue weighted by Gasteiger charge is -2.27. The fourth-order valence-electron chi connectivity index (χ4n) is 3.02. The van der Waals surface area contributed by atoms with Crippen molar-refractivity contribution in [3.05, 3.63) is 52.3 Å². The Morgan fingerprint density at radius 2 is 2.15 bits per heavy atom. The van der Waals surface area contributed by atoms with Gasteiger partial charge in [0, 0.05) is 24.8 Å². The number of carboxylic acids is 1. The highest BCUT2D eigenvalue weighted by Gasteiger charge is 2.32. The number of hydrogen-bond acceptors (Lipinski definition) is 6. The summed E-state index contributed by atoms with van der Waals surface area (Å²) in [7, 11) is 0. The molecule has 10 heteroatoms. The van der Waals surface area contributed by atoms with Gasteiger partial charge in [0.15, 0.2) is 5.69 Å². The summed E-state index contributed by atoms with van der Waals surface area (Å²) in [6.45, 7) is 0.846. The van der Waals surface area contributed by atoms with Crippen LogP contribution in [0, 0.1) is 16.0 Å². The maximum Gasteiger partial charge on any atom is 0.326 e. The van der Waals surface area contributed by atoms with Crippen LogP contribution >= 0.6 is 0 Å². The number of nitrogens with one attached hydrogen (secondary N) is 1. The first-order valence-electron chi connectivity index (χ1n) is 8.38. The number of rotatable bonds is 6. The van der Waals surface area contributed by atoms with Crippen LogP contribution < -0.4 is 5.32 Å². The number of aliphatic carboxylic acids is 1. The summed E-state index contributed by atoms with van der Waals surface area (Å²) in [4.78, 5) is 34.6. The highest BCUT2D eigenvalue weighted by atomic mass is 16.6. The minimum Gasteiger partial charge on any atom is -0.480 e. The Labute approximate surface area is 153 Å². The third-order valence-corrected chi connectivity index (χ3v) is 4.37. The number of hydrogen-bond donors (Lipinski definition) is 2. The van der Waals surface area contributed by atoms with Crippen LogP contribution in [0.15, 0.2) is 36.5 Å². The summed E-state index contributed by atoms with van der Waals surface area (Å²) >= 11 is 0. The average molecular weight is 374 g/mol. The standard InChI is InChI=1S/C17H18N4O6/c22-16(18-15(17(23)24)11-4-3-9-27-10-11)12-7-8-20(19-12)13-5-1-2-6-14(13)21(25)26/h1-2,5-8,11,15H,3-4,9-10H2,(H,18,22)(H,23,24). The Bertz CT molecular complexity index is 859. The molecule has 0 radical (unpaired) electrons. The van der Waals surface area contributed by atoms with E-state index in [1.807, 2.05) is 0 Å². The van der Waals surface area contributed by atoms with Crippen molar-refractivity contribution in [2.45, 2.75) is 18.9 Å². The zero-order valence-corrected chi connectivity index (χ0v) is 14.3. The molecule has 3 rings (SSSR count). The fraction of sp³-hybridized carbons (Fsp3) is 0.353. The van der Waals surface area contributed by atoms with Crippen LogP contribution in [0.1, 0.15) is 23.3 Å². The van der Waals surface area contributed by atoms with Gasteiger partial charge in [-0.3, -0.25) is 14.9 Å². The van der Waals surface area contributed by atoms with Crippen LogP contribution in [-0.4, -0.2) is 50.9 Å². The van der Waals surface area contributed by atoms with Gasteiger partial charge in [0.1, 0.15) is 11.7 Å². The maximum atomic E-state index is 12.4. The molecule has 1 amide bonds. The number of aromatic nitrogens is 2. The molecule has 0 aliphatic carbocycles. The number of carboxylic acid groups (broad SMARTS) is 1. The number of nitro groups is 1. The van der Waals surface area contributed by atoms with E-state index in [-0.39, 0.29) is 29.6 Å². The van der Waals surface area contributed by atoms with E-state index in [4.69, 9.17) is 4.74 Å². The first-order chi connectivity index (χ1) is 13.0. The second-order valence-electron chi connectivity index (χ2n) is 6.16. The number of para-hydroxylation sites is 2. The molecule has 2 aromatic rings. The monoisotopic (exact) mass is 374 g/mol. The molecule has 1 fully saturated rings. The molecule has 10 nitrogen and oxygen atoms in total. The number of nitro benzene ring substituents is 1. The third kappa shape index (κ3) is 4.11. The summed E-state index contributed by atoms with van der Waals surface area (Å²) in [5.74, 6) is -2.13. The van der Waals surface area contributed by atoms with Gasteiger partial charge in [-0.25, -0.2) is 9.48 Å². The van der Waals surface area contributed by atoms with E-state index in [9.17, 15) is 24.8 Å². The summed E-state index contributed by atoms with van der Waals surface area (Å²) in [6, 6.07) is 6.28. The Kier molecular flexibility index (Phi) is 5.46. The number of benzene rings is 1. The number of carbonyl (C=O) groups excluding carboxylic acids is 1. The van der Waals surface area contributed by atoms with Crippen LogP contribution in [0.5, 0.6) is 0 Å². The van der Waals surface area contributed by atoms with Crippen molar-refractivity contribution in [3.8, 4) is 5.69 Å². The van der Waals surface area contributed by atoms with Crippen molar-refractivity contribution in [1.29, 1.82) is 0 Å². The van der Waals surface area contributed by atoms with Crippen molar-refractivity contribution < 1.29 is 24.4 Å². The zero-order chi connectivity index (χ0) is 19.4. The molecule has 2 heterocycles. The fourth-order valence-corrected chi connectivity index (χ4v) is 3.02. The van der Waals surface area contributed by atoms with Crippen molar-refractivity contribution >= 4 is 17.6 Å². The molecule has 2 N–H and O–H groups in total. The van der Waals surface area contributed by atoms with E-state index in [0.717, 1.165) is 6.42 Å². The van der Waals surface area contributed by atoms with Crippen molar-refractivity contribution in [3.63, 3.8) is 0 Å². The Balaban J connectivity index is 1.78. The number of ether oxygens (including phenoxy) is 1. The molecule has 27 heavy (non-hydrogen) atoms. The summed E-state index contributed by atoms with van der Waals surface area (Å²) in [6.07, 6.45) is 2.79. The van der Waals surface area contributed by atoms with Crippen molar-refractivity contribution in [2.75, 3.05) is 13.2 Å². The van der Waals surface area contributed by atoms with E-state index in [1.165, 1.54) is 35.1 Å². The molecule has 2 atom stereocenters. The van der Waals surface area contributed by atoms with Crippen LogP contribution in [-0.2, 0) is 9.53 Å². The van der Waals surface area contributed by atoms with Gasteiger partial charge in [-0.05, 0) is 25.0 Å². The molecule has 2 unspecified atom stereocenters. The Hall–Kier alpha value is -3.27. The van der Waals surface area contributed by atoms with Gasteiger partial charge in [0.05, 0.1) is 11.5 Å². The van der Waals surface area contributed by atoms with E-state index < -0.39 is 22.8 Å². The van der Waals surface area contributed by atoms with Gasteiger partial charge in [-0.2, -0.15) is 5.10 Å². The number of nitrogens with zero attached hydrogens (tertiary/aromatic N) is 3. The SMILES string of the molecule is O=C(NC(C(=O)O)C1CCCOC1)c1ccn(-c2ccccc2[N+](=O)[O-])n1. The van der Waals surface area contributed by atoms with E-state index in [2.05, 4.69) is 10.4 Å². The zero-order valence-electron chi connectivity index (χ0n) is 14.3. The maximum absolute atomic E-state index is 12.4. The van der Waals surface area contributed by atoms with Crippen molar-refractivity contribution in [1.82, 2.24) is 15.1 Å².